The van der Waals surface area contributed by atoms with E-state index in [-0.39, 0.29) is 4.83 Å². The normalized spacial score (nSPS) is 12.7. The molecule has 1 unspecified atom stereocenters. The Bertz CT molecular complexity index is 522. The summed E-state index contributed by atoms with van der Waals surface area (Å²) in [6, 6.07) is 7.94. The fraction of sp³-hybridized carbons (Fsp3) is 0.231. The van der Waals surface area contributed by atoms with Crippen LogP contribution in [0.5, 0.6) is 0 Å². The fourth-order valence-electron chi connectivity index (χ4n) is 1.68. The van der Waals surface area contributed by atoms with E-state index in [0.29, 0.717) is 10.0 Å². The van der Waals surface area contributed by atoms with E-state index >= 15 is 0 Å². The van der Waals surface area contributed by atoms with Crippen molar-refractivity contribution in [2.75, 3.05) is 0 Å². The van der Waals surface area contributed by atoms with E-state index in [1.54, 1.807) is 11.3 Å². The van der Waals surface area contributed by atoms with Gasteiger partial charge in [-0.15, -0.1) is 11.3 Å². The molecule has 1 atom stereocenters. The summed E-state index contributed by atoms with van der Waals surface area (Å²) in [5, 5.41) is 3.32. The van der Waals surface area contributed by atoms with Crippen LogP contribution in [-0.4, -0.2) is 0 Å². The van der Waals surface area contributed by atoms with Crippen molar-refractivity contribution in [1.29, 1.82) is 0 Å². The number of halogens is 3. The van der Waals surface area contributed by atoms with Gasteiger partial charge in [0.05, 0.1) is 14.9 Å². The molecule has 0 spiro atoms. The maximum atomic E-state index is 6.04. The van der Waals surface area contributed by atoms with Crippen molar-refractivity contribution in [2.45, 2.75) is 18.2 Å². The van der Waals surface area contributed by atoms with Crippen LogP contribution in [0.3, 0.4) is 0 Å². The smallest absolute Gasteiger partial charge is 0.0741 e. The Morgan fingerprint density at radius 1 is 1.24 bits per heavy atom. The van der Waals surface area contributed by atoms with E-state index in [2.05, 4.69) is 34.3 Å². The number of hydrogen-bond acceptors (Lipinski definition) is 1. The summed E-state index contributed by atoms with van der Waals surface area (Å²) >= 11 is 17.5. The summed E-state index contributed by atoms with van der Waals surface area (Å²) in [5.74, 6) is 0. The minimum Gasteiger partial charge on any atom is -0.147 e. The SMILES string of the molecule is CCc1ccsc1C(Br)c1ccc(Cl)c(Cl)c1. The molecule has 0 fully saturated rings. The van der Waals surface area contributed by atoms with Gasteiger partial charge in [0.15, 0.2) is 0 Å². The Balaban J connectivity index is 2.36. The van der Waals surface area contributed by atoms with Crippen molar-refractivity contribution in [3.05, 3.63) is 55.7 Å². The number of benzene rings is 1. The molecule has 4 heteroatoms. The predicted molar refractivity (Wildman–Crippen MR) is 80.9 cm³/mol. The molecule has 1 aromatic heterocycles. The van der Waals surface area contributed by atoms with Crippen molar-refractivity contribution in [2.24, 2.45) is 0 Å². The van der Waals surface area contributed by atoms with Gasteiger partial charge in [-0.3, -0.25) is 0 Å². The van der Waals surface area contributed by atoms with Crippen LogP contribution in [0.2, 0.25) is 10.0 Å². The third-order valence-corrected chi connectivity index (χ3v) is 5.68. The van der Waals surface area contributed by atoms with Crippen LogP contribution in [0.25, 0.3) is 0 Å². The van der Waals surface area contributed by atoms with Crippen molar-refractivity contribution in [3.63, 3.8) is 0 Å². The van der Waals surface area contributed by atoms with Crippen LogP contribution in [0.4, 0.5) is 0 Å². The summed E-state index contributed by atoms with van der Waals surface area (Å²) < 4.78 is 0. The molecule has 90 valence electrons. The van der Waals surface area contributed by atoms with Crippen molar-refractivity contribution < 1.29 is 0 Å². The number of thiophene rings is 1. The first kappa shape index (κ1) is 13.4. The van der Waals surface area contributed by atoms with Crippen LogP contribution in [0.1, 0.15) is 27.8 Å². The second-order valence-electron chi connectivity index (χ2n) is 3.70. The zero-order chi connectivity index (χ0) is 12.4. The van der Waals surface area contributed by atoms with E-state index in [4.69, 9.17) is 23.2 Å². The molecule has 0 saturated heterocycles. The molecule has 1 heterocycles. The molecule has 2 aromatic rings. The molecule has 0 saturated carbocycles. The Morgan fingerprint density at radius 3 is 2.65 bits per heavy atom. The lowest BCUT2D eigenvalue weighted by molar-refractivity contribution is 1.09. The van der Waals surface area contributed by atoms with Crippen LogP contribution < -0.4 is 0 Å². The number of aryl methyl sites for hydroxylation is 1. The topological polar surface area (TPSA) is 0 Å². The summed E-state index contributed by atoms with van der Waals surface area (Å²) in [6.07, 6.45) is 1.04. The average molecular weight is 350 g/mol. The highest BCUT2D eigenvalue weighted by molar-refractivity contribution is 9.09. The zero-order valence-electron chi connectivity index (χ0n) is 9.21. The maximum absolute atomic E-state index is 6.04. The van der Waals surface area contributed by atoms with Gasteiger partial charge in [-0.2, -0.15) is 0 Å². The molecular formula is C13H11BrCl2S. The van der Waals surface area contributed by atoms with Crippen molar-refractivity contribution in [3.8, 4) is 0 Å². The summed E-state index contributed by atoms with van der Waals surface area (Å²) in [4.78, 5) is 1.53. The van der Waals surface area contributed by atoms with Crippen LogP contribution in [0.15, 0.2) is 29.6 Å². The molecule has 2 rings (SSSR count). The minimum atomic E-state index is 0.187. The standard InChI is InChI=1S/C13H11BrCl2S/c1-2-8-5-6-17-13(8)12(14)9-3-4-10(15)11(16)7-9/h3-7,12H,2H2,1H3. The zero-order valence-corrected chi connectivity index (χ0v) is 13.1. The van der Waals surface area contributed by atoms with Gasteiger partial charge in [-0.05, 0) is 41.1 Å². The maximum Gasteiger partial charge on any atom is 0.0741 e. The average Bonchev–Trinajstić information content (AvgIpc) is 2.80. The Morgan fingerprint density at radius 2 is 2.00 bits per heavy atom. The molecular weight excluding hydrogens is 339 g/mol. The van der Waals surface area contributed by atoms with E-state index in [1.807, 2.05) is 18.2 Å². The lowest BCUT2D eigenvalue weighted by Crippen LogP contribution is -1.93. The summed E-state index contributed by atoms with van der Waals surface area (Å²) in [6.45, 7) is 2.17. The van der Waals surface area contributed by atoms with Crippen molar-refractivity contribution >= 4 is 50.5 Å². The first-order chi connectivity index (χ1) is 8.13. The highest BCUT2D eigenvalue weighted by Gasteiger charge is 2.16. The molecule has 0 bridgehead atoms. The molecule has 0 radical (unpaired) electrons. The Labute approximate surface area is 124 Å². The van der Waals surface area contributed by atoms with E-state index in [9.17, 15) is 0 Å². The molecule has 0 aliphatic heterocycles. The first-order valence-electron chi connectivity index (χ1n) is 5.28. The second-order valence-corrected chi connectivity index (χ2v) is 6.38. The molecule has 17 heavy (non-hydrogen) atoms. The van der Waals surface area contributed by atoms with Gasteiger partial charge in [-0.25, -0.2) is 0 Å². The number of hydrogen-bond donors (Lipinski definition) is 0. The Kier molecular flexibility index (Phi) is 4.53. The predicted octanol–water partition coefficient (Wildman–Crippen LogP) is 6.10. The molecule has 0 nitrogen and oxygen atoms in total. The third kappa shape index (κ3) is 2.87. The Hall–Kier alpha value is -0.0200. The lowest BCUT2D eigenvalue weighted by atomic mass is 10.1. The lowest BCUT2D eigenvalue weighted by Gasteiger charge is -2.11. The molecule has 0 aliphatic rings. The van der Waals surface area contributed by atoms with Gasteiger partial charge in [0.1, 0.15) is 0 Å². The molecule has 0 amide bonds. The quantitative estimate of drug-likeness (QED) is 0.587. The third-order valence-electron chi connectivity index (χ3n) is 2.63. The minimum absolute atomic E-state index is 0.187. The van der Waals surface area contributed by atoms with Gasteiger partial charge in [0.2, 0.25) is 0 Å². The summed E-state index contributed by atoms with van der Waals surface area (Å²) in [7, 11) is 0. The van der Waals surface area contributed by atoms with E-state index in [0.717, 1.165) is 12.0 Å². The number of alkyl halides is 1. The number of rotatable bonds is 3. The van der Waals surface area contributed by atoms with Crippen molar-refractivity contribution in [1.82, 2.24) is 0 Å². The highest BCUT2D eigenvalue weighted by Crippen LogP contribution is 2.38. The largest absolute Gasteiger partial charge is 0.147 e. The van der Waals surface area contributed by atoms with Crippen LogP contribution >= 0.6 is 50.5 Å². The van der Waals surface area contributed by atoms with Gasteiger partial charge >= 0.3 is 0 Å². The van der Waals surface area contributed by atoms with Gasteiger partial charge in [-0.1, -0.05) is 52.1 Å². The van der Waals surface area contributed by atoms with Crippen LogP contribution in [-0.2, 0) is 6.42 Å². The van der Waals surface area contributed by atoms with E-state index in [1.165, 1.54) is 10.4 Å². The highest BCUT2D eigenvalue weighted by atomic mass is 79.9. The van der Waals surface area contributed by atoms with Crippen LogP contribution in [0, 0.1) is 0 Å². The monoisotopic (exact) mass is 348 g/mol. The summed E-state index contributed by atoms with van der Waals surface area (Å²) in [5.41, 5.74) is 2.51. The fourth-order valence-corrected chi connectivity index (χ4v) is 3.89. The van der Waals surface area contributed by atoms with Gasteiger partial charge < -0.3 is 0 Å². The van der Waals surface area contributed by atoms with Gasteiger partial charge in [0.25, 0.3) is 0 Å². The first-order valence-corrected chi connectivity index (χ1v) is 7.84. The van der Waals surface area contributed by atoms with Gasteiger partial charge in [0, 0.05) is 4.88 Å². The van der Waals surface area contributed by atoms with E-state index < -0.39 is 0 Å². The molecule has 0 aliphatic carbocycles. The molecule has 1 aromatic carbocycles. The molecule has 0 N–H and O–H groups in total. The second kappa shape index (κ2) is 5.75.